The Kier molecular flexibility index (Phi) is 7.07. The van der Waals surface area contributed by atoms with Crippen LogP contribution in [0.1, 0.15) is 27.8 Å². The van der Waals surface area contributed by atoms with E-state index in [4.69, 9.17) is 4.74 Å². The minimum Gasteiger partial charge on any atom is -0.508 e. The summed E-state index contributed by atoms with van der Waals surface area (Å²) in [6.45, 7) is 3.37. The SMILES string of the molecule is Cc1cc(CN2CCOC[C@H]2C(=O)O)c(O)cc1/C=C/c1cccc(-c2ccccc2)c1C#N. The molecule has 1 fully saturated rings. The van der Waals surface area contributed by atoms with Crippen LogP contribution >= 0.6 is 0 Å². The van der Waals surface area contributed by atoms with Gasteiger partial charge in [0.15, 0.2) is 0 Å². The van der Waals surface area contributed by atoms with Crippen LogP contribution in [0.4, 0.5) is 0 Å². The molecule has 0 aliphatic carbocycles. The third kappa shape index (κ3) is 5.01. The van der Waals surface area contributed by atoms with Crippen molar-refractivity contribution in [2.45, 2.75) is 19.5 Å². The summed E-state index contributed by atoms with van der Waals surface area (Å²) >= 11 is 0. The number of aromatic hydroxyl groups is 1. The van der Waals surface area contributed by atoms with Gasteiger partial charge in [0.2, 0.25) is 0 Å². The first kappa shape index (κ1) is 23.2. The third-order valence-electron chi connectivity index (χ3n) is 6.10. The maximum Gasteiger partial charge on any atom is 0.323 e. The number of rotatable bonds is 6. The van der Waals surface area contributed by atoms with Crippen molar-refractivity contribution in [3.05, 3.63) is 88.5 Å². The van der Waals surface area contributed by atoms with Crippen molar-refractivity contribution in [2.75, 3.05) is 19.8 Å². The molecule has 1 saturated heterocycles. The number of morpholine rings is 1. The van der Waals surface area contributed by atoms with Gasteiger partial charge in [-0.15, -0.1) is 0 Å². The predicted molar refractivity (Wildman–Crippen MR) is 131 cm³/mol. The number of carboxylic acids is 1. The number of phenols is 1. The molecule has 1 atom stereocenters. The summed E-state index contributed by atoms with van der Waals surface area (Å²) in [5.74, 6) is -0.819. The Labute approximate surface area is 199 Å². The molecule has 34 heavy (non-hydrogen) atoms. The van der Waals surface area contributed by atoms with Crippen LogP contribution in [0.25, 0.3) is 23.3 Å². The highest BCUT2D eigenvalue weighted by Gasteiger charge is 2.29. The van der Waals surface area contributed by atoms with Gasteiger partial charge >= 0.3 is 5.97 Å². The number of aliphatic carboxylic acids is 1. The van der Waals surface area contributed by atoms with Crippen LogP contribution in [-0.4, -0.2) is 46.9 Å². The molecule has 3 aromatic rings. The van der Waals surface area contributed by atoms with E-state index in [2.05, 4.69) is 6.07 Å². The van der Waals surface area contributed by atoms with Crippen LogP contribution in [0.2, 0.25) is 0 Å². The highest BCUT2D eigenvalue weighted by molar-refractivity contribution is 5.81. The largest absolute Gasteiger partial charge is 0.508 e. The maximum absolute atomic E-state index is 11.5. The first-order valence-corrected chi connectivity index (χ1v) is 11.1. The maximum atomic E-state index is 11.5. The Bertz CT molecular complexity index is 1260. The summed E-state index contributed by atoms with van der Waals surface area (Å²) in [7, 11) is 0. The van der Waals surface area contributed by atoms with Gasteiger partial charge in [-0.1, -0.05) is 66.7 Å². The second-order valence-electron chi connectivity index (χ2n) is 8.32. The first-order valence-electron chi connectivity index (χ1n) is 11.1. The predicted octanol–water partition coefficient (Wildman–Crippen LogP) is 4.70. The average molecular weight is 455 g/mol. The van der Waals surface area contributed by atoms with Crippen molar-refractivity contribution in [3.63, 3.8) is 0 Å². The molecule has 0 amide bonds. The number of phenolic OH excluding ortho intramolecular Hbond substituents is 1. The summed E-state index contributed by atoms with van der Waals surface area (Å²) in [5, 5.41) is 30.0. The molecule has 3 aromatic carbocycles. The number of carbonyl (C=O) groups is 1. The highest BCUT2D eigenvalue weighted by atomic mass is 16.5. The summed E-state index contributed by atoms with van der Waals surface area (Å²) in [6.07, 6.45) is 3.77. The van der Waals surface area contributed by atoms with Crippen LogP contribution in [0, 0.1) is 18.3 Å². The quantitative estimate of drug-likeness (QED) is 0.525. The van der Waals surface area contributed by atoms with Gasteiger partial charge in [0.05, 0.1) is 18.8 Å². The molecule has 1 aliphatic rings. The molecule has 0 saturated carbocycles. The Morgan fingerprint density at radius 2 is 1.91 bits per heavy atom. The third-order valence-corrected chi connectivity index (χ3v) is 6.10. The molecule has 0 spiro atoms. The molecular formula is C28H26N2O4. The molecule has 0 unspecified atom stereocenters. The molecule has 0 aromatic heterocycles. The molecule has 172 valence electrons. The van der Waals surface area contributed by atoms with E-state index in [1.165, 1.54) is 0 Å². The molecular weight excluding hydrogens is 428 g/mol. The van der Waals surface area contributed by atoms with E-state index in [9.17, 15) is 20.3 Å². The van der Waals surface area contributed by atoms with E-state index in [1.807, 2.05) is 78.6 Å². The molecule has 2 N–H and O–H groups in total. The van der Waals surface area contributed by atoms with Crippen molar-refractivity contribution in [1.29, 1.82) is 5.26 Å². The van der Waals surface area contributed by atoms with Crippen molar-refractivity contribution in [1.82, 2.24) is 4.90 Å². The minimum atomic E-state index is -0.929. The van der Waals surface area contributed by atoms with E-state index >= 15 is 0 Å². The van der Waals surface area contributed by atoms with Gasteiger partial charge in [-0.3, -0.25) is 9.69 Å². The van der Waals surface area contributed by atoms with Crippen molar-refractivity contribution < 1.29 is 19.7 Å². The van der Waals surface area contributed by atoms with E-state index in [0.29, 0.717) is 30.8 Å². The molecule has 1 aliphatic heterocycles. The molecule has 4 rings (SSSR count). The van der Waals surface area contributed by atoms with E-state index in [-0.39, 0.29) is 12.4 Å². The molecule has 1 heterocycles. The smallest absolute Gasteiger partial charge is 0.323 e. The lowest BCUT2D eigenvalue weighted by Crippen LogP contribution is -2.49. The number of aryl methyl sites for hydroxylation is 1. The zero-order valence-corrected chi connectivity index (χ0v) is 18.9. The van der Waals surface area contributed by atoms with Gasteiger partial charge in [-0.25, -0.2) is 0 Å². The van der Waals surface area contributed by atoms with Gasteiger partial charge in [-0.2, -0.15) is 5.26 Å². The number of ether oxygens (including phenoxy) is 1. The van der Waals surface area contributed by atoms with Crippen LogP contribution in [0.3, 0.4) is 0 Å². The van der Waals surface area contributed by atoms with Crippen molar-refractivity contribution >= 4 is 18.1 Å². The number of carboxylic acid groups (broad SMARTS) is 1. The number of benzene rings is 3. The topological polar surface area (TPSA) is 93.8 Å². The zero-order valence-electron chi connectivity index (χ0n) is 18.9. The zero-order chi connectivity index (χ0) is 24.1. The second kappa shape index (κ2) is 10.3. The lowest BCUT2D eigenvalue weighted by molar-refractivity contribution is -0.150. The summed E-state index contributed by atoms with van der Waals surface area (Å²) in [6, 6.07) is 20.7. The normalized spacial score (nSPS) is 16.4. The molecule has 6 heteroatoms. The van der Waals surface area contributed by atoms with Gasteiger partial charge in [-0.05, 0) is 35.2 Å². The Hall–Kier alpha value is -3.92. The Balaban J connectivity index is 1.60. The highest BCUT2D eigenvalue weighted by Crippen LogP contribution is 2.29. The average Bonchev–Trinajstić information content (AvgIpc) is 2.85. The van der Waals surface area contributed by atoms with E-state index in [1.54, 1.807) is 6.07 Å². The van der Waals surface area contributed by atoms with Gasteiger partial charge in [0.25, 0.3) is 0 Å². The fourth-order valence-electron chi connectivity index (χ4n) is 4.22. The van der Waals surface area contributed by atoms with Crippen LogP contribution < -0.4 is 0 Å². The van der Waals surface area contributed by atoms with Crippen LogP contribution in [0.15, 0.2) is 60.7 Å². The fraction of sp³-hybridized carbons (Fsp3) is 0.214. The van der Waals surface area contributed by atoms with Crippen LogP contribution in [-0.2, 0) is 16.1 Å². The Morgan fingerprint density at radius 1 is 1.15 bits per heavy atom. The van der Waals surface area contributed by atoms with Crippen molar-refractivity contribution in [3.8, 4) is 22.9 Å². The second-order valence-corrected chi connectivity index (χ2v) is 8.32. The van der Waals surface area contributed by atoms with Crippen molar-refractivity contribution in [2.24, 2.45) is 0 Å². The monoisotopic (exact) mass is 454 g/mol. The summed E-state index contributed by atoms with van der Waals surface area (Å²) < 4.78 is 5.30. The van der Waals surface area contributed by atoms with Crippen LogP contribution in [0.5, 0.6) is 5.75 Å². The van der Waals surface area contributed by atoms with Gasteiger partial charge < -0.3 is 14.9 Å². The summed E-state index contributed by atoms with van der Waals surface area (Å²) in [4.78, 5) is 13.3. The lowest BCUT2D eigenvalue weighted by Gasteiger charge is -2.33. The van der Waals surface area contributed by atoms with Gasteiger partial charge in [0, 0.05) is 24.2 Å². The van der Waals surface area contributed by atoms with E-state index in [0.717, 1.165) is 27.8 Å². The Morgan fingerprint density at radius 3 is 2.65 bits per heavy atom. The lowest BCUT2D eigenvalue weighted by atomic mass is 9.95. The van der Waals surface area contributed by atoms with E-state index < -0.39 is 12.0 Å². The summed E-state index contributed by atoms with van der Waals surface area (Å²) in [5.41, 5.74) is 5.69. The van der Waals surface area contributed by atoms with Gasteiger partial charge in [0.1, 0.15) is 17.9 Å². The fourth-order valence-corrected chi connectivity index (χ4v) is 4.22. The molecule has 0 radical (unpaired) electrons. The number of hydrogen-bond acceptors (Lipinski definition) is 5. The first-order chi connectivity index (χ1) is 16.5. The minimum absolute atomic E-state index is 0.111. The standard InChI is InChI=1S/C28H26N2O4/c1-19-14-23(17-30-12-13-34-18-26(30)28(32)33)27(31)15-22(19)11-10-21-8-5-9-24(25(21)16-29)20-6-3-2-4-7-20/h2-11,14-15,26,31H,12-13,17-18H2,1H3,(H,32,33)/b11-10+/t26-/m0/s1. The number of nitriles is 1. The molecule has 6 nitrogen and oxygen atoms in total. The number of hydrogen-bond donors (Lipinski definition) is 2. The molecule has 0 bridgehead atoms. The number of nitrogens with zero attached hydrogens (tertiary/aromatic N) is 2.